The van der Waals surface area contributed by atoms with E-state index in [4.69, 9.17) is 4.11 Å². The van der Waals surface area contributed by atoms with Crippen molar-refractivity contribution < 1.29 is 26.9 Å². The number of aryl methyl sites for hydroxylation is 12. The maximum absolute atomic E-state index is 8.70. The van der Waals surface area contributed by atoms with E-state index in [9.17, 15) is 0 Å². The first kappa shape index (κ1) is 86.3. The summed E-state index contributed by atoms with van der Waals surface area (Å²) in [5.74, 6) is -0.0871. The lowest BCUT2D eigenvalue weighted by atomic mass is 9.91. The molecule has 10 rings (SSSR count). The van der Waals surface area contributed by atoms with Gasteiger partial charge in [0.1, 0.15) is 35.2 Å². The average molecular weight is 1380 g/mol. The second-order valence-electron chi connectivity index (χ2n) is 26.6. The van der Waals surface area contributed by atoms with Crippen LogP contribution in [0.5, 0.6) is 0 Å². The average Bonchev–Trinajstić information content (AvgIpc) is 0.792. The molecule has 5 nitrogen and oxygen atoms in total. The van der Waals surface area contributed by atoms with Gasteiger partial charge in [-0.15, -0.1) is 0 Å². The van der Waals surface area contributed by atoms with Gasteiger partial charge in [0.15, 0.2) is 31.0 Å². The Hall–Kier alpha value is -8.15. The van der Waals surface area contributed by atoms with Crippen molar-refractivity contribution in [2.24, 2.45) is 35.2 Å². The van der Waals surface area contributed by atoms with Crippen LogP contribution in [0.4, 0.5) is 0 Å². The van der Waals surface area contributed by atoms with Crippen LogP contribution >= 0.6 is 0 Å². The van der Waals surface area contributed by atoms with E-state index in [1.807, 2.05) is 0 Å². The van der Waals surface area contributed by atoms with Crippen molar-refractivity contribution >= 4 is 0 Å². The third-order valence-electron chi connectivity index (χ3n) is 20.2. The molecule has 0 bridgehead atoms. The number of pyridine rings is 5. The molecule has 0 aliphatic heterocycles. The predicted molar refractivity (Wildman–Crippen MR) is 449 cm³/mol. The summed E-state index contributed by atoms with van der Waals surface area (Å²) >= 11 is 0. The number of nitrogens with zero attached hydrogens (tertiary/aromatic N) is 5. The predicted octanol–water partition coefficient (Wildman–Crippen LogP) is 25.7. The van der Waals surface area contributed by atoms with Crippen LogP contribution in [0, 0.1) is 48.5 Å². The highest BCUT2D eigenvalue weighted by Gasteiger charge is 2.23. The number of aromatic nitrogens is 5. The first-order valence-corrected chi connectivity index (χ1v) is 36.5. The standard InChI is InChI=1S/2C19H26N.3C18H24N.5CH4/c2*1-6-16(7-2)18-13-20(5)19(12-15(18)4)17-11-9-8-10-14(17)3;2*1-5-15(6-2)16-11-12-19(4)18(13-16)17-10-8-7-9-14(17)3;1-5-15(6-2)16-11-12-18(19(4)13-16)17-10-8-7-9-14(17)3;;;;;/h2*8-13,16H,6-7H2,1-5H3;3*7-13,15H,5-6H2,1-4H3;5*1H4/q5*+1;;;;;/i16D;;15D;;15D;;;;;. The molecule has 5 heteroatoms. The van der Waals surface area contributed by atoms with Crippen LogP contribution in [0.1, 0.15) is 271 Å². The fraction of sp³-hybridized carbons (Fsp3) is 0.433. The molecule has 0 unspecified atom stereocenters. The van der Waals surface area contributed by atoms with E-state index in [2.05, 4.69) is 377 Å². The molecule has 0 radical (unpaired) electrons. The highest BCUT2D eigenvalue weighted by atomic mass is 14.9. The van der Waals surface area contributed by atoms with Crippen molar-refractivity contribution in [2.75, 3.05) is 0 Å². The molecule has 0 aliphatic carbocycles. The van der Waals surface area contributed by atoms with Crippen LogP contribution in [0.3, 0.4) is 0 Å². The molecule has 5 aromatic heterocycles. The first-order chi connectivity index (χ1) is 47.7. The largest absolute Gasteiger partial charge is 0.212 e. The zero-order chi connectivity index (χ0) is 73.6. The van der Waals surface area contributed by atoms with Crippen LogP contribution in [0.25, 0.3) is 56.3 Å². The van der Waals surface area contributed by atoms with Crippen molar-refractivity contribution in [3.8, 4) is 56.3 Å². The lowest BCUT2D eigenvalue weighted by Crippen LogP contribution is -2.32. The number of rotatable bonds is 20. The van der Waals surface area contributed by atoms with Gasteiger partial charge in [0, 0.05) is 91.1 Å². The molecule has 10 aromatic rings. The lowest BCUT2D eigenvalue weighted by molar-refractivity contribution is -0.661. The SMILES string of the molecule is C.C.C.C.C.CCC(CC)c1c[n+](C)c(-c2ccccc2C)cc1C.CCC(CC)c1cc[n+](C)c(-c2ccccc2C)c1.[2H]C(CC)(CC)c1c[n+](C)c(-c2ccccc2C)cc1C.[2H]C(CC)(CC)c1cc[n+](C)c(-c2ccccc2C)c1.[2H]C(CC)(CC)c1ccc(-c2ccccc2C)[n+](C)c1. The van der Waals surface area contributed by atoms with Crippen LogP contribution in [0.2, 0.25) is 0 Å². The van der Waals surface area contributed by atoms with Gasteiger partial charge in [-0.05, 0) is 229 Å². The molecule has 0 saturated carbocycles. The van der Waals surface area contributed by atoms with Crippen molar-refractivity contribution in [1.82, 2.24) is 0 Å². The zero-order valence-electron chi connectivity index (χ0n) is 67.0. The summed E-state index contributed by atoms with van der Waals surface area (Å²) in [6, 6.07) is 60.2. The smallest absolute Gasteiger partial charge is 0.201 e. The minimum Gasteiger partial charge on any atom is -0.201 e. The molecule has 0 aliphatic rings. The molecular formula is C97H144N5+5. The first-order valence-electron chi connectivity index (χ1n) is 38.0. The van der Waals surface area contributed by atoms with Gasteiger partial charge >= 0.3 is 0 Å². The van der Waals surface area contributed by atoms with Crippen molar-refractivity contribution in [3.63, 3.8) is 0 Å². The second kappa shape index (κ2) is 45.8. The van der Waals surface area contributed by atoms with Gasteiger partial charge in [0.05, 0.1) is 0 Å². The minimum atomic E-state index is -0.480. The molecule has 102 heavy (non-hydrogen) atoms. The van der Waals surface area contributed by atoms with Crippen LogP contribution in [0.15, 0.2) is 201 Å². The quantitative estimate of drug-likeness (QED) is 0.0678. The lowest BCUT2D eigenvalue weighted by Gasteiger charge is -2.15. The molecule has 5 heterocycles. The Bertz CT molecular complexity index is 4260. The Morgan fingerprint density at radius 2 is 0.539 bits per heavy atom. The molecule has 552 valence electrons. The fourth-order valence-corrected chi connectivity index (χ4v) is 13.9. The van der Waals surface area contributed by atoms with Crippen molar-refractivity contribution in [3.05, 3.63) is 268 Å². The summed E-state index contributed by atoms with van der Waals surface area (Å²) in [6.45, 7) is 36.8. The van der Waals surface area contributed by atoms with E-state index in [-0.39, 0.29) is 37.1 Å². The molecule has 0 spiro atoms. The Labute approximate surface area is 631 Å². The maximum Gasteiger partial charge on any atom is 0.212 e. The van der Waals surface area contributed by atoms with Gasteiger partial charge in [0.2, 0.25) is 28.5 Å². The second-order valence-corrected chi connectivity index (χ2v) is 26.6. The van der Waals surface area contributed by atoms with Gasteiger partial charge in [-0.2, -0.15) is 0 Å². The van der Waals surface area contributed by atoms with E-state index in [1.165, 1.54) is 132 Å². The molecule has 0 N–H and O–H groups in total. The topological polar surface area (TPSA) is 19.4 Å². The maximum atomic E-state index is 8.70. The van der Waals surface area contributed by atoms with Crippen LogP contribution in [-0.4, -0.2) is 0 Å². The fourth-order valence-electron chi connectivity index (χ4n) is 13.9. The summed E-state index contributed by atoms with van der Waals surface area (Å²) in [5, 5.41) is 0. The molecule has 5 aromatic carbocycles. The van der Waals surface area contributed by atoms with E-state index >= 15 is 0 Å². The summed E-state index contributed by atoms with van der Waals surface area (Å²) < 4.78 is 36.8. The van der Waals surface area contributed by atoms with Gasteiger partial charge in [-0.3, -0.25) is 0 Å². The summed E-state index contributed by atoms with van der Waals surface area (Å²) in [7, 11) is 10.5. The number of benzene rings is 5. The highest BCUT2D eigenvalue weighted by molar-refractivity contribution is 5.65. The number of hydrogen-bond acceptors (Lipinski definition) is 0. The Balaban J connectivity index is 0.000000649. The highest BCUT2D eigenvalue weighted by Crippen LogP contribution is 2.33. The normalized spacial score (nSPS) is 11.2. The third kappa shape index (κ3) is 24.0. The summed E-state index contributed by atoms with van der Waals surface area (Å²) in [4.78, 5) is 0. The Morgan fingerprint density at radius 1 is 0.255 bits per heavy atom. The minimum absolute atomic E-state index is 0. The number of hydrogen-bond donors (Lipinski definition) is 0. The molecule has 0 amide bonds. The van der Waals surface area contributed by atoms with E-state index in [0.29, 0.717) is 11.8 Å². The van der Waals surface area contributed by atoms with Gasteiger partial charge in [-0.1, -0.05) is 197 Å². The van der Waals surface area contributed by atoms with Gasteiger partial charge in [-0.25, -0.2) is 22.8 Å². The van der Waals surface area contributed by atoms with Crippen LogP contribution in [-0.2, 0) is 35.2 Å². The van der Waals surface area contributed by atoms with Gasteiger partial charge < -0.3 is 0 Å². The monoisotopic (exact) mass is 1380 g/mol. The summed E-state index contributed by atoms with van der Waals surface area (Å²) in [5.41, 5.74) is 28.0. The van der Waals surface area contributed by atoms with Crippen LogP contribution < -0.4 is 22.8 Å². The Morgan fingerprint density at radius 3 is 0.873 bits per heavy atom. The molecular weight excluding hydrogens is 1240 g/mol. The molecule has 0 atom stereocenters. The van der Waals surface area contributed by atoms with E-state index < -0.39 is 17.7 Å². The van der Waals surface area contributed by atoms with E-state index in [1.54, 1.807) is 0 Å². The zero-order valence-corrected chi connectivity index (χ0v) is 64.0. The van der Waals surface area contributed by atoms with Crippen molar-refractivity contribution in [2.45, 2.75) is 249 Å². The van der Waals surface area contributed by atoms with E-state index in [0.717, 1.165) is 55.2 Å². The van der Waals surface area contributed by atoms with Crippen molar-refractivity contribution in [1.29, 1.82) is 0 Å². The molecule has 0 fully saturated rings. The van der Waals surface area contributed by atoms with Gasteiger partial charge in [0.25, 0.3) is 0 Å². The third-order valence-corrected chi connectivity index (χ3v) is 20.2. The summed E-state index contributed by atoms with van der Waals surface area (Å²) in [6.07, 6.45) is 20.7. The molecule has 0 saturated heterocycles. The Kier molecular flexibility index (Phi) is 38.7.